The average molecular weight is 178 g/mol. The van der Waals surface area contributed by atoms with Gasteiger partial charge in [-0.1, -0.05) is 0 Å². The number of rotatable bonds is 2. The van der Waals surface area contributed by atoms with Gasteiger partial charge in [-0.3, -0.25) is 0 Å². The fraction of sp³-hybridized carbons (Fsp3) is 1.00. The normalized spacial score (nSPS) is 17.0. The highest BCUT2D eigenvalue weighted by Crippen LogP contribution is 1.85. The van der Waals surface area contributed by atoms with Crippen LogP contribution in [0.3, 0.4) is 0 Å². The van der Waals surface area contributed by atoms with Crippen molar-refractivity contribution < 1.29 is 18.9 Å². The predicted octanol–water partition coefficient (Wildman–Crippen LogP) is 0.658. The summed E-state index contributed by atoms with van der Waals surface area (Å²) in [6.45, 7) is 4.94. The van der Waals surface area contributed by atoms with Crippen LogP contribution in [0.2, 0.25) is 0 Å². The Labute approximate surface area is 73.7 Å². The van der Waals surface area contributed by atoms with E-state index < -0.39 is 0 Å². The smallest absolute Gasteiger partial charge is 0.154 e. The van der Waals surface area contributed by atoms with Crippen LogP contribution in [0.15, 0.2) is 0 Å². The zero-order chi connectivity index (χ0) is 9.23. The summed E-state index contributed by atoms with van der Waals surface area (Å²) in [5.41, 5.74) is 0. The van der Waals surface area contributed by atoms with Gasteiger partial charge in [-0.15, -0.1) is 0 Å². The first kappa shape index (κ1) is 11.8. The highest BCUT2D eigenvalue weighted by atomic mass is 16.7. The molecule has 0 bridgehead atoms. The molecule has 0 saturated carbocycles. The van der Waals surface area contributed by atoms with Gasteiger partial charge in [0, 0.05) is 14.2 Å². The highest BCUT2D eigenvalue weighted by molar-refractivity contribution is 4.37. The molecule has 12 heavy (non-hydrogen) atoms. The molecule has 1 aliphatic heterocycles. The maximum absolute atomic E-state index is 4.94. The second-order valence-corrected chi connectivity index (χ2v) is 2.26. The molecule has 1 rings (SSSR count). The lowest BCUT2D eigenvalue weighted by Crippen LogP contribution is -2.16. The van der Waals surface area contributed by atoms with Crippen LogP contribution < -0.4 is 0 Å². The Balaban J connectivity index is 0.000000202. The zero-order valence-electron chi connectivity index (χ0n) is 8.04. The number of hydrogen-bond acceptors (Lipinski definition) is 4. The molecule has 4 nitrogen and oxygen atoms in total. The third-order valence-corrected chi connectivity index (χ3v) is 1.41. The highest BCUT2D eigenvalue weighted by Gasteiger charge is 1.94. The van der Waals surface area contributed by atoms with Crippen molar-refractivity contribution in [3.8, 4) is 0 Å². The van der Waals surface area contributed by atoms with Gasteiger partial charge in [-0.25, -0.2) is 0 Å². The summed E-state index contributed by atoms with van der Waals surface area (Å²) in [7, 11) is 3.21. The second kappa shape index (κ2) is 8.93. The molecule has 0 amide bonds. The molecule has 0 spiro atoms. The van der Waals surface area contributed by atoms with Crippen LogP contribution in [-0.2, 0) is 18.9 Å². The minimum atomic E-state index is -0.0648. The molecule has 0 aromatic rings. The molecule has 1 saturated heterocycles. The lowest BCUT2D eigenvalue weighted by Gasteiger charge is -2.09. The molecule has 0 unspecified atom stereocenters. The van der Waals surface area contributed by atoms with Crippen molar-refractivity contribution >= 4 is 0 Å². The lowest BCUT2D eigenvalue weighted by molar-refractivity contribution is -0.0877. The molecule has 0 N–H and O–H groups in total. The number of methoxy groups -OCH3 is 2. The summed E-state index contributed by atoms with van der Waals surface area (Å²) in [6.07, 6.45) is -0.0648. The molecule has 0 aromatic heterocycles. The van der Waals surface area contributed by atoms with Crippen molar-refractivity contribution in [3.63, 3.8) is 0 Å². The lowest BCUT2D eigenvalue weighted by atomic mass is 10.6. The summed E-state index contributed by atoms with van der Waals surface area (Å²) in [6, 6.07) is 0. The first-order valence-corrected chi connectivity index (χ1v) is 4.02. The Morgan fingerprint density at radius 1 is 0.917 bits per heavy atom. The zero-order valence-corrected chi connectivity index (χ0v) is 8.04. The van der Waals surface area contributed by atoms with Gasteiger partial charge in [-0.05, 0) is 6.92 Å². The topological polar surface area (TPSA) is 36.9 Å². The number of hydrogen-bond donors (Lipinski definition) is 0. The molecular formula is C8H18O4. The Morgan fingerprint density at radius 3 is 1.33 bits per heavy atom. The van der Waals surface area contributed by atoms with E-state index in [2.05, 4.69) is 9.47 Å². The van der Waals surface area contributed by atoms with Crippen LogP contribution in [0.25, 0.3) is 0 Å². The molecule has 0 aliphatic carbocycles. The van der Waals surface area contributed by atoms with Gasteiger partial charge in [0.2, 0.25) is 0 Å². The van der Waals surface area contributed by atoms with Crippen LogP contribution in [-0.4, -0.2) is 46.9 Å². The molecule has 0 aromatic carbocycles. The third kappa shape index (κ3) is 7.94. The van der Waals surface area contributed by atoms with E-state index in [1.807, 2.05) is 6.92 Å². The van der Waals surface area contributed by atoms with E-state index in [0.29, 0.717) is 0 Å². The minimum Gasteiger partial charge on any atom is -0.377 e. The van der Waals surface area contributed by atoms with Crippen LogP contribution in [0.4, 0.5) is 0 Å². The maximum atomic E-state index is 4.94. The Hall–Kier alpha value is -0.160. The Kier molecular flexibility index (Phi) is 8.81. The van der Waals surface area contributed by atoms with E-state index >= 15 is 0 Å². The first-order valence-electron chi connectivity index (χ1n) is 4.02. The van der Waals surface area contributed by atoms with E-state index in [0.717, 1.165) is 26.4 Å². The molecular weight excluding hydrogens is 160 g/mol. The monoisotopic (exact) mass is 178 g/mol. The van der Waals surface area contributed by atoms with E-state index in [9.17, 15) is 0 Å². The molecule has 1 aliphatic rings. The number of ether oxygens (including phenoxy) is 4. The van der Waals surface area contributed by atoms with Crippen LogP contribution in [0.5, 0.6) is 0 Å². The van der Waals surface area contributed by atoms with Crippen molar-refractivity contribution in [2.75, 3.05) is 40.6 Å². The maximum Gasteiger partial charge on any atom is 0.154 e. The van der Waals surface area contributed by atoms with Crippen molar-refractivity contribution in [2.24, 2.45) is 0 Å². The average Bonchev–Trinajstić information content (AvgIpc) is 2.20. The largest absolute Gasteiger partial charge is 0.377 e. The second-order valence-electron chi connectivity index (χ2n) is 2.26. The van der Waals surface area contributed by atoms with Gasteiger partial charge in [-0.2, -0.15) is 0 Å². The standard InChI is InChI=1S/C4H8O2.C4H10O2/c1-2-6-4-3-5-1;1-4(5-2)6-3/h1-4H2;4H,1-3H3. The molecule has 0 radical (unpaired) electrons. The quantitative estimate of drug-likeness (QED) is 0.582. The van der Waals surface area contributed by atoms with E-state index in [4.69, 9.17) is 9.47 Å². The minimum absolute atomic E-state index is 0.0648. The van der Waals surface area contributed by atoms with Crippen LogP contribution in [0, 0.1) is 0 Å². The first-order chi connectivity index (χ1) is 5.81. The van der Waals surface area contributed by atoms with Gasteiger partial charge in [0.1, 0.15) is 0 Å². The summed E-state index contributed by atoms with van der Waals surface area (Å²) in [5, 5.41) is 0. The predicted molar refractivity (Wildman–Crippen MR) is 45.1 cm³/mol. The van der Waals surface area contributed by atoms with Crippen molar-refractivity contribution in [1.82, 2.24) is 0 Å². The molecule has 74 valence electrons. The molecule has 0 atom stereocenters. The van der Waals surface area contributed by atoms with Crippen molar-refractivity contribution in [2.45, 2.75) is 13.2 Å². The van der Waals surface area contributed by atoms with E-state index in [1.165, 1.54) is 0 Å². The van der Waals surface area contributed by atoms with Crippen molar-refractivity contribution in [1.29, 1.82) is 0 Å². The van der Waals surface area contributed by atoms with Gasteiger partial charge in [0.05, 0.1) is 26.4 Å². The van der Waals surface area contributed by atoms with Crippen LogP contribution >= 0.6 is 0 Å². The summed E-state index contributed by atoms with van der Waals surface area (Å²) < 4.78 is 19.2. The molecule has 4 heteroatoms. The van der Waals surface area contributed by atoms with E-state index in [1.54, 1.807) is 14.2 Å². The summed E-state index contributed by atoms with van der Waals surface area (Å²) in [5.74, 6) is 0. The Bertz CT molecular complexity index is 67.6. The fourth-order valence-corrected chi connectivity index (χ4v) is 0.536. The molecule has 1 fully saturated rings. The van der Waals surface area contributed by atoms with Gasteiger partial charge in [0.25, 0.3) is 0 Å². The van der Waals surface area contributed by atoms with Crippen molar-refractivity contribution in [3.05, 3.63) is 0 Å². The summed E-state index contributed by atoms with van der Waals surface area (Å²) in [4.78, 5) is 0. The van der Waals surface area contributed by atoms with Crippen LogP contribution in [0.1, 0.15) is 6.92 Å². The Morgan fingerprint density at radius 2 is 1.25 bits per heavy atom. The summed E-state index contributed by atoms with van der Waals surface area (Å²) >= 11 is 0. The van der Waals surface area contributed by atoms with Gasteiger partial charge >= 0.3 is 0 Å². The van der Waals surface area contributed by atoms with Gasteiger partial charge in [0.15, 0.2) is 6.29 Å². The van der Waals surface area contributed by atoms with E-state index in [-0.39, 0.29) is 6.29 Å². The third-order valence-electron chi connectivity index (χ3n) is 1.41. The molecule has 1 heterocycles. The SMILES string of the molecule is C1COCCO1.COC(C)OC. The fourth-order valence-electron chi connectivity index (χ4n) is 0.536. The van der Waals surface area contributed by atoms with Gasteiger partial charge < -0.3 is 18.9 Å².